The maximum absolute atomic E-state index is 13.5. The van der Waals surface area contributed by atoms with Gasteiger partial charge in [-0.2, -0.15) is 5.10 Å². The molecule has 0 saturated heterocycles. The van der Waals surface area contributed by atoms with Gasteiger partial charge >= 0.3 is 0 Å². The number of aromatic amines is 1. The summed E-state index contributed by atoms with van der Waals surface area (Å²) in [6, 6.07) is 26.1. The number of hydrogen-bond acceptors (Lipinski definition) is 3. The first-order valence-electron chi connectivity index (χ1n) is 10.5. The standard InChI is InChI=1S/C26H22ClN3OS/c1-32-21-13-9-19(10-14-21)25-22-23(18-7-11-20(27)12-8-18)28-29-24(22)26(31)30(25)16-15-17-5-3-2-4-6-17/h2-14,25H,15-16H2,1H3,(H,28,29). The van der Waals surface area contributed by atoms with E-state index in [0.717, 1.165) is 28.8 Å². The molecule has 4 nitrogen and oxygen atoms in total. The van der Waals surface area contributed by atoms with Crippen LogP contribution in [-0.2, 0) is 6.42 Å². The van der Waals surface area contributed by atoms with Gasteiger partial charge in [0.05, 0.1) is 11.7 Å². The van der Waals surface area contributed by atoms with Gasteiger partial charge in [-0.15, -0.1) is 11.8 Å². The number of aromatic nitrogens is 2. The van der Waals surface area contributed by atoms with Crippen molar-refractivity contribution in [3.05, 3.63) is 106 Å². The Bertz CT molecular complexity index is 1240. The quantitative estimate of drug-likeness (QED) is 0.347. The average Bonchev–Trinajstić information content (AvgIpc) is 3.38. The van der Waals surface area contributed by atoms with Crippen LogP contribution in [0.1, 0.15) is 33.2 Å². The lowest BCUT2D eigenvalue weighted by Gasteiger charge is -2.26. The zero-order valence-corrected chi connectivity index (χ0v) is 19.2. The number of nitrogens with one attached hydrogen (secondary N) is 1. The van der Waals surface area contributed by atoms with Gasteiger partial charge in [0, 0.05) is 27.6 Å². The summed E-state index contributed by atoms with van der Waals surface area (Å²) >= 11 is 7.80. The van der Waals surface area contributed by atoms with E-state index in [1.807, 2.05) is 47.4 Å². The van der Waals surface area contributed by atoms with E-state index in [0.29, 0.717) is 17.3 Å². The topological polar surface area (TPSA) is 49.0 Å². The lowest BCUT2D eigenvalue weighted by molar-refractivity contribution is 0.0746. The summed E-state index contributed by atoms with van der Waals surface area (Å²) in [7, 11) is 0. The summed E-state index contributed by atoms with van der Waals surface area (Å²) in [6.45, 7) is 0.625. The highest BCUT2D eigenvalue weighted by Gasteiger charge is 2.41. The molecule has 2 heterocycles. The maximum atomic E-state index is 13.5. The molecule has 1 unspecified atom stereocenters. The highest BCUT2D eigenvalue weighted by Crippen LogP contribution is 2.43. The molecule has 0 aliphatic carbocycles. The van der Waals surface area contributed by atoms with Crippen LogP contribution in [0.3, 0.4) is 0 Å². The molecule has 4 aromatic rings. The summed E-state index contributed by atoms with van der Waals surface area (Å²) < 4.78 is 0. The Kier molecular flexibility index (Phi) is 5.77. The fraction of sp³-hybridized carbons (Fsp3) is 0.154. The predicted octanol–water partition coefficient (Wildman–Crippen LogP) is 6.24. The molecule has 1 atom stereocenters. The minimum Gasteiger partial charge on any atom is -0.326 e. The van der Waals surface area contributed by atoms with E-state index < -0.39 is 0 Å². The molecule has 0 spiro atoms. The number of thioether (sulfide) groups is 1. The van der Waals surface area contributed by atoms with Gasteiger partial charge in [0.15, 0.2) is 0 Å². The third kappa shape index (κ3) is 3.83. The van der Waals surface area contributed by atoms with Crippen LogP contribution in [-0.4, -0.2) is 33.8 Å². The van der Waals surface area contributed by atoms with Crippen molar-refractivity contribution in [1.82, 2.24) is 15.1 Å². The molecule has 1 amide bonds. The lowest BCUT2D eigenvalue weighted by Crippen LogP contribution is -2.31. The smallest absolute Gasteiger partial charge is 0.273 e. The van der Waals surface area contributed by atoms with Crippen LogP contribution in [0.4, 0.5) is 0 Å². The molecule has 160 valence electrons. The fourth-order valence-electron chi connectivity index (χ4n) is 4.28. The van der Waals surface area contributed by atoms with E-state index in [1.165, 1.54) is 10.5 Å². The van der Waals surface area contributed by atoms with E-state index in [1.54, 1.807) is 11.8 Å². The molecule has 1 aromatic heterocycles. The SMILES string of the molecule is CSc1ccc(C2c3c(-c4ccc(Cl)cc4)n[nH]c3C(=O)N2CCc2ccccc2)cc1. The molecule has 1 aliphatic heterocycles. The second-order valence-corrected chi connectivity index (χ2v) is 9.09. The van der Waals surface area contributed by atoms with Gasteiger partial charge in [0.1, 0.15) is 5.69 Å². The Morgan fingerprint density at radius 3 is 2.41 bits per heavy atom. The van der Waals surface area contributed by atoms with Gasteiger partial charge in [0.25, 0.3) is 5.91 Å². The van der Waals surface area contributed by atoms with Gasteiger partial charge in [-0.25, -0.2) is 0 Å². The number of fused-ring (bicyclic) bond motifs is 1. The molecule has 0 bridgehead atoms. The first-order valence-corrected chi connectivity index (χ1v) is 12.1. The number of carbonyl (C=O) groups excluding carboxylic acids is 1. The number of carbonyl (C=O) groups is 1. The van der Waals surface area contributed by atoms with Crippen LogP contribution in [0.15, 0.2) is 83.8 Å². The summed E-state index contributed by atoms with van der Waals surface area (Å²) in [5.41, 5.74) is 5.54. The second-order valence-electron chi connectivity index (χ2n) is 7.78. The fourth-order valence-corrected chi connectivity index (χ4v) is 4.82. The van der Waals surface area contributed by atoms with Crippen molar-refractivity contribution in [3.63, 3.8) is 0 Å². The molecule has 6 heteroatoms. The zero-order valence-electron chi connectivity index (χ0n) is 17.6. The Hall–Kier alpha value is -3.02. The Morgan fingerprint density at radius 1 is 1.00 bits per heavy atom. The van der Waals surface area contributed by atoms with Crippen molar-refractivity contribution in [2.24, 2.45) is 0 Å². The largest absolute Gasteiger partial charge is 0.326 e. The summed E-state index contributed by atoms with van der Waals surface area (Å²) in [5, 5.41) is 8.22. The van der Waals surface area contributed by atoms with E-state index >= 15 is 0 Å². The molecule has 1 aliphatic rings. The number of benzene rings is 3. The van der Waals surface area contributed by atoms with Crippen LogP contribution in [0.25, 0.3) is 11.3 Å². The van der Waals surface area contributed by atoms with Crippen molar-refractivity contribution < 1.29 is 4.79 Å². The van der Waals surface area contributed by atoms with Crippen molar-refractivity contribution in [3.8, 4) is 11.3 Å². The zero-order chi connectivity index (χ0) is 22.1. The van der Waals surface area contributed by atoms with Gasteiger partial charge in [0.2, 0.25) is 0 Å². The van der Waals surface area contributed by atoms with Gasteiger partial charge in [-0.3, -0.25) is 9.89 Å². The monoisotopic (exact) mass is 459 g/mol. The van der Waals surface area contributed by atoms with Crippen molar-refractivity contribution in [1.29, 1.82) is 0 Å². The van der Waals surface area contributed by atoms with Crippen LogP contribution in [0.5, 0.6) is 0 Å². The third-order valence-corrected chi connectivity index (χ3v) is 6.89. The summed E-state index contributed by atoms with van der Waals surface area (Å²) in [6.07, 6.45) is 2.85. The molecule has 0 saturated carbocycles. The summed E-state index contributed by atoms with van der Waals surface area (Å²) in [5.74, 6) is -0.0115. The minimum absolute atomic E-state index is 0.0115. The average molecular weight is 460 g/mol. The second kappa shape index (κ2) is 8.85. The highest BCUT2D eigenvalue weighted by molar-refractivity contribution is 7.98. The number of hydrogen-bond donors (Lipinski definition) is 1. The number of halogens is 1. The Balaban J connectivity index is 1.57. The number of amides is 1. The predicted molar refractivity (Wildman–Crippen MR) is 130 cm³/mol. The first-order chi connectivity index (χ1) is 15.7. The molecule has 32 heavy (non-hydrogen) atoms. The van der Waals surface area contributed by atoms with E-state index in [2.05, 4.69) is 52.9 Å². The van der Waals surface area contributed by atoms with Gasteiger partial charge < -0.3 is 4.90 Å². The summed E-state index contributed by atoms with van der Waals surface area (Å²) in [4.78, 5) is 16.6. The van der Waals surface area contributed by atoms with Gasteiger partial charge in [-0.1, -0.05) is 66.2 Å². The van der Waals surface area contributed by atoms with E-state index in [-0.39, 0.29) is 11.9 Å². The van der Waals surface area contributed by atoms with E-state index in [9.17, 15) is 4.79 Å². The lowest BCUT2D eigenvalue weighted by atomic mass is 9.96. The molecule has 1 N–H and O–H groups in total. The van der Waals surface area contributed by atoms with Crippen molar-refractivity contribution in [2.45, 2.75) is 17.4 Å². The highest BCUT2D eigenvalue weighted by atomic mass is 35.5. The molecular formula is C26H22ClN3OS. The Labute approximate surface area is 196 Å². The first kappa shape index (κ1) is 20.9. The van der Waals surface area contributed by atoms with Crippen LogP contribution in [0, 0.1) is 0 Å². The third-order valence-electron chi connectivity index (χ3n) is 5.90. The minimum atomic E-state index is -0.193. The van der Waals surface area contributed by atoms with Crippen LogP contribution < -0.4 is 0 Å². The van der Waals surface area contributed by atoms with Gasteiger partial charge in [-0.05, 0) is 48.1 Å². The molecular weight excluding hydrogens is 438 g/mol. The Morgan fingerprint density at radius 2 is 1.72 bits per heavy atom. The van der Waals surface area contributed by atoms with E-state index in [4.69, 9.17) is 11.6 Å². The number of H-pyrrole nitrogens is 1. The number of nitrogens with zero attached hydrogens (tertiary/aromatic N) is 2. The molecule has 5 rings (SSSR count). The van der Waals surface area contributed by atoms with Crippen molar-refractivity contribution >= 4 is 29.3 Å². The van der Waals surface area contributed by atoms with Crippen LogP contribution in [0.2, 0.25) is 5.02 Å². The molecule has 0 radical (unpaired) electrons. The maximum Gasteiger partial charge on any atom is 0.273 e. The normalized spacial score (nSPS) is 15.2. The molecule has 0 fully saturated rings. The van der Waals surface area contributed by atoms with Crippen molar-refractivity contribution in [2.75, 3.05) is 12.8 Å². The number of rotatable bonds is 6. The van der Waals surface area contributed by atoms with Crippen LogP contribution >= 0.6 is 23.4 Å². The molecule has 3 aromatic carbocycles.